The summed E-state index contributed by atoms with van der Waals surface area (Å²) < 4.78 is 29.4. The Kier molecular flexibility index (Phi) is 5.47. The van der Waals surface area contributed by atoms with Gasteiger partial charge in [0.15, 0.2) is 0 Å². The van der Waals surface area contributed by atoms with Crippen molar-refractivity contribution in [3.05, 3.63) is 29.8 Å². The van der Waals surface area contributed by atoms with E-state index in [4.69, 9.17) is 0 Å². The third-order valence-corrected chi connectivity index (χ3v) is 4.57. The van der Waals surface area contributed by atoms with Gasteiger partial charge in [0.2, 0.25) is 5.91 Å². The first kappa shape index (κ1) is 17.6. The van der Waals surface area contributed by atoms with Crippen molar-refractivity contribution in [2.24, 2.45) is 0 Å². The summed E-state index contributed by atoms with van der Waals surface area (Å²) in [6.07, 6.45) is 1.84. The van der Waals surface area contributed by atoms with E-state index in [0.29, 0.717) is 26.2 Å². The predicted octanol–water partition coefficient (Wildman–Crippen LogP) is 1.32. The first-order valence-electron chi connectivity index (χ1n) is 8.41. The lowest BCUT2D eigenvalue weighted by molar-refractivity contribution is -0.134. The second-order valence-corrected chi connectivity index (χ2v) is 6.14. The SMILES string of the molecule is O=C(c1ccccc1OC(F)F)N1CCN(C(=O)C2CCCN2)CC1. The van der Waals surface area contributed by atoms with Crippen molar-refractivity contribution in [1.82, 2.24) is 15.1 Å². The Labute approximate surface area is 144 Å². The maximum absolute atomic E-state index is 12.6. The largest absolute Gasteiger partial charge is 0.434 e. The Morgan fingerprint density at radius 1 is 1.12 bits per heavy atom. The number of nitrogens with one attached hydrogen (secondary N) is 1. The maximum atomic E-state index is 12.6. The Balaban J connectivity index is 1.61. The number of hydrogen-bond acceptors (Lipinski definition) is 4. The number of carbonyl (C=O) groups is 2. The summed E-state index contributed by atoms with van der Waals surface area (Å²) in [6, 6.07) is 5.85. The van der Waals surface area contributed by atoms with Crippen LogP contribution >= 0.6 is 0 Å². The van der Waals surface area contributed by atoms with E-state index in [1.807, 2.05) is 0 Å². The summed E-state index contributed by atoms with van der Waals surface area (Å²) >= 11 is 0. The fourth-order valence-corrected chi connectivity index (χ4v) is 3.26. The van der Waals surface area contributed by atoms with E-state index in [0.717, 1.165) is 19.4 Å². The molecular weight excluding hydrogens is 332 g/mol. The molecule has 0 aliphatic carbocycles. The van der Waals surface area contributed by atoms with E-state index >= 15 is 0 Å². The second-order valence-electron chi connectivity index (χ2n) is 6.14. The summed E-state index contributed by atoms with van der Waals surface area (Å²) in [4.78, 5) is 28.3. The van der Waals surface area contributed by atoms with Crippen molar-refractivity contribution in [3.63, 3.8) is 0 Å². The molecule has 1 atom stereocenters. The molecule has 1 unspecified atom stereocenters. The molecule has 0 bridgehead atoms. The molecule has 1 N–H and O–H groups in total. The molecule has 1 aromatic rings. The van der Waals surface area contributed by atoms with Crippen LogP contribution in [0.25, 0.3) is 0 Å². The summed E-state index contributed by atoms with van der Waals surface area (Å²) in [6.45, 7) is -0.486. The molecule has 0 saturated carbocycles. The van der Waals surface area contributed by atoms with Gasteiger partial charge in [0.25, 0.3) is 5.91 Å². The number of hydrogen-bond donors (Lipinski definition) is 1. The van der Waals surface area contributed by atoms with E-state index in [1.54, 1.807) is 21.9 Å². The number of benzene rings is 1. The van der Waals surface area contributed by atoms with Crippen LogP contribution in [0.1, 0.15) is 23.2 Å². The van der Waals surface area contributed by atoms with Gasteiger partial charge in [-0.2, -0.15) is 8.78 Å². The summed E-state index contributed by atoms with van der Waals surface area (Å²) in [5.41, 5.74) is 0.111. The molecule has 0 spiro atoms. The molecule has 2 aliphatic rings. The van der Waals surface area contributed by atoms with Crippen LogP contribution in [-0.2, 0) is 4.79 Å². The third kappa shape index (κ3) is 4.07. The third-order valence-electron chi connectivity index (χ3n) is 4.57. The topological polar surface area (TPSA) is 61.9 Å². The van der Waals surface area contributed by atoms with Gasteiger partial charge in [0, 0.05) is 26.2 Å². The first-order chi connectivity index (χ1) is 12.1. The Hall–Kier alpha value is -2.22. The molecule has 3 rings (SSSR count). The molecule has 6 nitrogen and oxygen atoms in total. The minimum absolute atomic E-state index is 0.0750. The lowest BCUT2D eigenvalue weighted by Crippen LogP contribution is -2.54. The van der Waals surface area contributed by atoms with Gasteiger partial charge in [-0.15, -0.1) is 0 Å². The van der Waals surface area contributed by atoms with E-state index in [1.165, 1.54) is 12.1 Å². The monoisotopic (exact) mass is 353 g/mol. The number of ether oxygens (including phenoxy) is 1. The minimum atomic E-state index is -2.98. The lowest BCUT2D eigenvalue weighted by atomic mass is 10.1. The van der Waals surface area contributed by atoms with Gasteiger partial charge in [-0.25, -0.2) is 0 Å². The molecule has 2 saturated heterocycles. The van der Waals surface area contributed by atoms with Gasteiger partial charge in [-0.05, 0) is 31.5 Å². The average Bonchev–Trinajstić information content (AvgIpc) is 3.15. The summed E-state index contributed by atoms with van der Waals surface area (Å²) in [5, 5.41) is 3.18. The van der Waals surface area contributed by atoms with E-state index in [-0.39, 0.29) is 29.2 Å². The molecular formula is C17H21F2N3O3. The Morgan fingerprint density at radius 3 is 2.44 bits per heavy atom. The standard InChI is InChI=1S/C17H21F2N3O3/c18-17(19)25-14-6-2-1-4-12(14)15(23)21-8-10-22(11-9-21)16(24)13-5-3-7-20-13/h1-2,4,6,13,17,20H,3,5,7-11H2. The fourth-order valence-electron chi connectivity index (χ4n) is 3.26. The van der Waals surface area contributed by atoms with Crippen LogP contribution in [0.2, 0.25) is 0 Å². The quantitative estimate of drug-likeness (QED) is 0.887. The van der Waals surface area contributed by atoms with Crippen molar-refractivity contribution in [3.8, 4) is 5.75 Å². The van der Waals surface area contributed by atoms with Gasteiger partial charge in [-0.3, -0.25) is 9.59 Å². The number of halogens is 2. The Bertz CT molecular complexity index is 627. The van der Waals surface area contributed by atoms with Crippen LogP contribution in [0, 0.1) is 0 Å². The smallest absolute Gasteiger partial charge is 0.387 e. The van der Waals surface area contributed by atoms with E-state index in [2.05, 4.69) is 10.1 Å². The zero-order valence-corrected chi connectivity index (χ0v) is 13.8. The highest BCUT2D eigenvalue weighted by atomic mass is 19.3. The number of amides is 2. The molecule has 2 aliphatic heterocycles. The Morgan fingerprint density at radius 2 is 1.80 bits per heavy atom. The zero-order chi connectivity index (χ0) is 17.8. The highest BCUT2D eigenvalue weighted by Gasteiger charge is 2.31. The van der Waals surface area contributed by atoms with Crippen molar-refractivity contribution in [2.75, 3.05) is 32.7 Å². The average molecular weight is 353 g/mol. The van der Waals surface area contributed by atoms with Crippen molar-refractivity contribution >= 4 is 11.8 Å². The normalized spacial score (nSPS) is 20.8. The van der Waals surface area contributed by atoms with Crippen LogP contribution in [0.4, 0.5) is 8.78 Å². The van der Waals surface area contributed by atoms with Gasteiger partial charge in [0.05, 0.1) is 11.6 Å². The number of para-hydroxylation sites is 1. The van der Waals surface area contributed by atoms with Crippen molar-refractivity contribution in [2.45, 2.75) is 25.5 Å². The van der Waals surface area contributed by atoms with Crippen LogP contribution in [0.3, 0.4) is 0 Å². The number of alkyl halides is 2. The second kappa shape index (κ2) is 7.77. The van der Waals surface area contributed by atoms with Crippen LogP contribution in [0.15, 0.2) is 24.3 Å². The number of nitrogens with zero attached hydrogens (tertiary/aromatic N) is 2. The predicted molar refractivity (Wildman–Crippen MR) is 86.6 cm³/mol. The molecule has 136 valence electrons. The van der Waals surface area contributed by atoms with E-state index < -0.39 is 6.61 Å². The number of rotatable bonds is 4. The van der Waals surface area contributed by atoms with Crippen LogP contribution < -0.4 is 10.1 Å². The van der Waals surface area contributed by atoms with Gasteiger partial charge < -0.3 is 19.9 Å². The highest BCUT2D eigenvalue weighted by molar-refractivity contribution is 5.97. The molecule has 1 aromatic carbocycles. The van der Waals surface area contributed by atoms with Crippen LogP contribution in [-0.4, -0.2) is 67.0 Å². The minimum Gasteiger partial charge on any atom is -0.434 e. The fraction of sp³-hybridized carbons (Fsp3) is 0.529. The van der Waals surface area contributed by atoms with Gasteiger partial charge in [-0.1, -0.05) is 12.1 Å². The molecule has 2 amide bonds. The molecule has 25 heavy (non-hydrogen) atoms. The number of carbonyl (C=O) groups excluding carboxylic acids is 2. The summed E-state index contributed by atoms with van der Waals surface area (Å²) in [5.74, 6) is -0.412. The zero-order valence-electron chi connectivity index (χ0n) is 13.8. The van der Waals surface area contributed by atoms with Crippen molar-refractivity contribution in [1.29, 1.82) is 0 Å². The number of piperazine rings is 1. The highest BCUT2D eigenvalue weighted by Crippen LogP contribution is 2.22. The van der Waals surface area contributed by atoms with Gasteiger partial charge in [0.1, 0.15) is 5.75 Å². The van der Waals surface area contributed by atoms with E-state index in [9.17, 15) is 18.4 Å². The molecule has 2 fully saturated rings. The maximum Gasteiger partial charge on any atom is 0.387 e. The molecule has 0 aromatic heterocycles. The molecule has 8 heteroatoms. The van der Waals surface area contributed by atoms with Crippen molar-refractivity contribution < 1.29 is 23.1 Å². The van der Waals surface area contributed by atoms with Crippen LogP contribution in [0.5, 0.6) is 5.75 Å². The summed E-state index contributed by atoms with van der Waals surface area (Å²) in [7, 11) is 0. The first-order valence-corrected chi connectivity index (χ1v) is 8.41. The van der Waals surface area contributed by atoms with Gasteiger partial charge >= 0.3 is 6.61 Å². The molecule has 0 radical (unpaired) electrons. The lowest BCUT2D eigenvalue weighted by Gasteiger charge is -2.36. The molecule has 2 heterocycles.